The van der Waals surface area contributed by atoms with Crippen LogP contribution < -0.4 is 0 Å². The molecule has 0 nitrogen and oxygen atoms in total. The Hall–Kier alpha value is -2.60. The van der Waals surface area contributed by atoms with Crippen LogP contribution in [0.4, 0.5) is 0 Å². The smallest absolute Gasteiger partial charge is 0.0285 e. The van der Waals surface area contributed by atoms with E-state index in [4.69, 9.17) is 0 Å². The molecule has 0 heterocycles. The summed E-state index contributed by atoms with van der Waals surface area (Å²) in [4.78, 5) is 0. The van der Waals surface area contributed by atoms with Crippen LogP contribution in [0.25, 0.3) is 11.1 Å². The number of hydrogen-bond acceptors (Lipinski definition) is 0. The van der Waals surface area contributed by atoms with Crippen LogP contribution in [0, 0.1) is 13.8 Å². The van der Waals surface area contributed by atoms with E-state index in [-0.39, 0.29) is 14.9 Å². The number of allylic oxidation sites excluding steroid dienone is 2. The number of hydrogen-bond donors (Lipinski definition) is 0. The lowest BCUT2D eigenvalue weighted by Gasteiger charge is -2.27. The van der Waals surface area contributed by atoms with Gasteiger partial charge in [-0.15, -0.1) is 0 Å². The number of rotatable bonds is 1. The number of fused-ring (bicyclic) bond motifs is 3. The molecular weight excluding hydrogens is 312 g/mol. The van der Waals surface area contributed by atoms with Gasteiger partial charge < -0.3 is 0 Å². The Morgan fingerprint density at radius 2 is 1.35 bits per heavy atom. The van der Waals surface area contributed by atoms with Crippen LogP contribution in [-0.4, -0.2) is 0 Å². The molecule has 2 aliphatic rings. The minimum atomic E-state index is 0. The Balaban J connectivity index is 0.000000980. The summed E-state index contributed by atoms with van der Waals surface area (Å²) in [5.74, 6) is 0.789. The van der Waals surface area contributed by atoms with Gasteiger partial charge in [0.15, 0.2) is 0 Å². The average molecular weight is 341 g/mol. The first-order valence-electron chi connectivity index (χ1n) is 8.71. The van der Waals surface area contributed by atoms with Crippen LogP contribution in [0.15, 0.2) is 72.8 Å². The Bertz CT molecular complexity index is 976. The van der Waals surface area contributed by atoms with E-state index in [9.17, 15) is 0 Å². The van der Waals surface area contributed by atoms with Crippen molar-refractivity contribution in [3.63, 3.8) is 0 Å². The Labute approximate surface area is 158 Å². The van der Waals surface area contributed by atoms with E-state index in [1.807, 2.05) is 0 Å². The fourth-order valence-corrected chi connectivity index (χ4v) is 4.52. The Morgan fingerprint density at radius 1 is 0.654 bits per heavy atom. The molecule has 0 aromatic heterocycles. The molecule has 0 saturated heterocycles. The van der Waals surface area contributed by atoms with E-state index in [1.165, 1.54) is 44.5 Å². The van der Waals surface area contributed by atoms with Crippen LogP contribution in [-0.2, 0) is 0 Å². The first-order chi connectivity index (χ1) is 11.7. The predicted molar refractivity (Wildman–Crippen MR) is 114 cm³/mol. The zero-order valence-electron chi connectivity index (χ0n) is 14.1. The number of benzene rings is 3. The summed E-state index contributed by atoms with van der Waals surface area (Å²) in [6, 6.07) is 22.4. The predicted octanol–water partition coefficient (Wildman–Crippen LogP) is 7.39. The lowest BCUT2D eigenvalue weighted by molar-refractivity contribution is 0.895. The minimum Gasteiger partial charge on any atom is -0.0776 e. The molecule has 0 amide bonds. The molecule has 0 bridgehead atoms. The van der Waals surface area contributed by atoms with E-state index < -0.39 is 0 Å². The molecule has 2 unspecified atom stereocenters. The second kappa shape index (κ2) is 6.61. The van der Waals surface area contributed by atoms with Crippen LogP contribution in [0.2, 0.25) is 0 Å². The highest BCUT2D eigenvalue weighted by molar-refractivity contribution is 5.83. The Kier molecular flexibility index (Phi) is 4.63. The summed E-state index contributed by atoms with van der Waals surface area (Å²) in [5.41, 5.74) is 11.5. The van der Waals surface area contributed by atoms with E-state index in [0.29, 0.717) is 11.8 Å². The van der Waals surface area contributed by atoms with Crippen molar-refractivity contribution in [2.24, 2.45) is 0 Å². The second-order valence-corrected chi connectivity index (χ2v) is 7.10. The third-order valence-corrected chi connectivity index (χ3v) is 5.61. The van der Waals surface area contributed by atoms with Gasteiger partial charge in [-0.2, -0.15) is 0 Å². The minimum absolute atomic E-state index is 0. The Morgan fingerprint density at radius 3 is 2.12 bits per heavy atom. The first kappa shape index (κ1) is 18.2. The molecule has 3 aromatic rings. The van der Waals surface area contributed by atoms with Crippen molar-refractivity contribution in [2.75, 3.05) is 0 Å². The SMILES string of the molecule is C.C.Cc1ccc2c(c1)C1C=CC(c3ccccc3)c3c(C)ccc-2c31. The van der Waals surface area contributed by atoms with E-state index in [1.54, 1.807) is 0 Å². The molecule has 0 aliphatic heterocycles. The molecule has 0 fully saturated rings. The van der Waals surface area contributed by atoms with Crippen molar-refractivity contribution in [3.8, 4) is 11.1 Å². The monoisotopic (exact) mass is 340 g/mol. The van der Waals surface area contributed by atoms with Crippen LogP contribution in [0.5, 0.6) is 0 Å². The topological polar surface area (TPSA) is 0 Å². The highest BCUT2D eigenvalue weighted by atomic mass is 14.4. The van der Waals surface area contributed by atoms with Crippen molar-refractivity contribution in [3.05, 3.63) is 106 Å². The molecule has 3 aromatic carbocycles. The fraction of sp³-hybridized carbons (Fsp3) is 0.231. The summed E-state index contributed by atoms with van der Waals surface area (Å²) in [5, 5.41) is 0. The lowest BCUT2D eigenvalue weighted by atomic mass is 9.76. The van der Waals surface area contributed by atoms with E-state index >= 15 is 0 Å². The van der Waals surface area contributed by atoms with Gasteiger partial charge in [-0.1, -0.05) is 93.2 Å². The van der Waals surface area contributed by atoms with Gasteiger partial charge >= 0.3 is 0 Å². The van der Waals surface area contributed by atoms with Gasteiger partial charge in [0, 0.05) is 11.8 Å². The quantitative estimate of drug-likeness (QED) is 0.405. The van der Waals surface area contributed by atoms with Crippen molar-refractivity contribution >= 4 is 0 Å². The molecule has 0 heteroatoms. The van der Waals surface area contributed by atoms with Crippen LogP contribution in [0.3, 0.4) is 0 Å². The van der Waals surface area contributed by atoms with Crippen LogP contribution >= 0.6 is 0 Å². The van der Waals surface area contributed by atoms with Crippen LogP contribution in [0.1, 0.15) is 60.1 Å². The molecule has 2 aliphatic carbocycles. The third kappa shape index (κ3) is 2.44. The molecule has 26 heavy (non-hydrogen) atoms. The normalized spacial score (nSPS) is 18.4. The highest BCUT2D eigenvalue weighted by Crippen LogP contribution is 2.52. The summed E-state index contributed by atoms with van der Waals surface area (Å²) in [6.07, 6.45) is 4.84. The molecule has 132 valence electrons. The van der Waals surface area contributed by atoms with Gasteiger partial charge in [0.1, 0.15) is 0 Å². The van der Waals surface area contributed by atoms with Crippen molar-refractivity contribution < 1.29 is 0 Å². The lowest BCUT2D eigenvalue weighted by Crippen LogP contribution is -2.11. The maximum absolute atomic E-state index is 2.42. The second-order valence-electron chi connectivity index (χ2n) is 7.10. The highest BCUT2D eigenvalue weighted by Gasteiger charge is 2.34. The van der Waals surface area contributed by atoms with Gasteiger partial charge in [0.05, 0.1) is 0 Å². The summed E-state index contributed by atoms with van der Waals surface area (Å²) in [7, 11) is 0. The molecule has 2 atom stereocenters. The van der Waals surface area contributed by atoms with Gasteiger partial charge in [0.25, 0.3) is 0 Å². The molecular formula is C26H28. The van der Waals surface area contributed by atoms with Gasteiger partial charge in [0.2, 0.25) is 0 Å². The van der Waals surface area contributed by atoms with E-state index in [0.717, 1.165) is 0 Å². The van der Waals surface area contributed by atoms with Crippen molar-refractivity contribution in [2.45, 2.75) is 40.5 Å². The van der Waals surface area contributed by atoms with Gasteiger partial charge in [-0.05, 0) is 52.8 Å². The molecule has 5 rings (SSSR count). The maximum Gasteiger partial charge on any atom is 0.0285 e. The summed E-state index contributed by atoms with van der Waals surface area (Å²) in [6.45, 7) is 4.45. The zero-order valence-corrected chi connectivity index (χ0v) is 14.1. The zero-order chi connectivity index (χ0) is 16.3. The largest absolute Gasteiger partial charge is 0.0776 e. The summed E-state index contributed by atoms with van der Waals surface area (Å²) >= 11 is 0. The van der Waals surface area contributed by atoms with Gasteiger partial charge in [-0.3, -0.25) is 0 Å². The molecule has 0 spiro atoms. The molecule has 0 N–H and O–H groups in total. The fourth-order valence-electron chi connectivity index (χ4n) is 4.52. The third-order valence-electron chi connectivity index (χ3n) is 5.61. The van der Waals surface area contributed by atoms with Crippen molar-refractivity contribution in [1.29, 1.82) is 0 Å². The first-order valence-corrected chi connectivity index (χ1v) is 8.71. The standard InChI is InChI=1S/C24H20.2CH4/c1-15-8-10-19-20-11-9-16(2)23-18(17-6-4-3-5-7-17)12-13-21(24(20)23)22(19)14-15;;/h3-14,18,21H,1-2H3;2*1H4. The number of aryl methyl sites for hydroxylation is 2. The maximum atomic E-state index is 2.42. The van der Waals surface area contributed by atoms with Crippen molar-refractivity contribution in [1.82, 2.24) is 0 Å². The van der Waals surface area contributed by atoms with E-state index in [2.05, 4.69) is 86.7 Å². The average Bonchev–Trinajstić information content (AvgIpc) is 2.93. The summed E-state index contributed by atoms with van der Waals surface area (Å²) < 4.78 is 0. The van der Waals surface area contributed by atoms with Gasteiger partial charge in [-0.25, -0.2) is 0 Å². The molecule has 0 radical (unpaired) electrons. The molecule has 0 saturated carbocycles.